The lowest BCUT2D eigenvalue weighted by Crippen LogP contribution is -2.15. The molecule has 70 heavy (non-hydrogen) atoms. The van der Waals surface area contributed by atoms with Crippen molar-refractivity contribution in [2.75, 3.05) is 21.3 Å². The summed E-state index contributed by atoms with van der Waals surface area (Å²) in [5, 5.41) is 18.8. The first kappa shape index (κ1) is 42.6. The maximum atomic E-state index is 3.92. The van der Waals surface area contributed by atoms with Crippen LogP contribution in [0.25, 0.3) is 55.6 Å². The summed E-state index contributed by atoms with van der Waals surface area (Å²) in [4.78, 5) is 0. The summed E-state index contributed by atoms with van der Waals surface area (Å²) in [5.41, 5.74) is 20.5. The van der Waals surface area contributed by atoms with E-state index in [2.05, 4.69) is 264 Å². The van der Waals surface area contributed by atoms with E-state index >= 15 is 0 Å². The van der Waals surface area contributed by atoms with Gasteiger partial charge in [-0.15, -0.1) is 0 Å². The van der Waals surface area contributed by atoms with Crippen LogP contribution in [0.5, 0.6) is 0 Å². The number of allylic oxidation sites excluding steroid dienone is 5. The number of benzene rings is 8. The summed E-state index contributed by atoms with van der Waals surface area (Å²) in [7, 11) is 0. The van der Waals surface area contributed by atoms with Gasteiger partial charge in [-0.25, -0.2) is 0 Å². The summed E-state index contributed by atoms with van der Waals surface area (Å²) in [5.74, 6) is 0. The summed E-state index contributed by atoms with van der Waals surface area (Å²) in [6.07, 6.45) is 13.8. The molecule has 4 N–H and O–H groups in total. The van der Waals surface area contributed by atoms with Crippen LogP contribution in [-0.2, 0) is 5.41 Å². The first-order chi connectivity index (χ1) is 34.3. The second-order valence-corrected chi connectivity index (χ2v) is 19.0. The number of hydrogen-bond donors (Lipinski definition) is 4. The Morgan fingerprint density at radius 3 is 1.57 bits per heavy atom. The second-order valence-electron chi connectivity index (χ2n) is 19.0. The quantitative estimate of drug-likeness (QED) is 0.0923. The standard InChI is InChI=1S/C64H54N6/c1-5-6-24-60-42(2)49-17-7-14-25-61(49)69(60)47-34-28-43(29-35-47)65-56-20-10-12-22-58(56)67-45-32-38-50-51-39-33-46(41-55(51)64(3,4)54(50)40-45)68-59-23-13-11-21-57(59)66-44-30-36-48(37-31-44)70-62-26-15-8-18-52(62)53-19-9-16-27-63(53)70/h5-34,36-41,47,65-68H,1,35H2,2-4H3/b24-6-. The van der Waals surface area contributed by atoms with Gasteiger partial charge in [0.05, 0.1) is 39.8 Å². The van der Waals surface area contributed by atoms with Crippen molar-refractivity contribution >= 4 is 78.6 Å². The van der Waals surface area contributed by atoms with Crippen molar-refractivity contribution in [3.8, 4) is 16.8 Å². The van der Waals surface area contributed by atoms with E-state index in [-0.39, 0.29) is 11.5 Å². The molecule has 6 nitrogen and oxygen atoms in total. The van der Waals surface area contributed by atoms with Crippen LogP contribution in [0.4, 0.5) is 39.8 Å². The lowest BCUT2D eigenvalue weighted by molar-refractivity contribution is 0.621. The molecular formula is C64H54N6. The predicted molar refractivity (Wildman–Crippen MR) is 298 cm³/mol. The van der Waals surface area contributed by atoms with Crippen molar-refractivity contribution in [2.24, 2.45) is 0 Å². The number of nitrogens with zero attached hydrogens (tertiary/aromatic N) is 2. The Kier molecular flexibility index (Phi) is 10.6. The number of fused-ring (bicyclic) bond motifs is 7. The Morgan fingerprint density at radius 2 is 1.03 bits per heavy atom. The average Bonchev–Trinajstić information content (AvgIpc) is 3.96. The summed E-state index contributed by atoms with van der Waals surface area (Å²) in [6, 6.07) is 65.4. The fraction of sp³-hybridized carbons (Fsp3) is 0.0938. The molecule has 8 aromatic carbocycles. The fourth-order valence-electron chi connectivity index (χ4n) is 10.9. The van der Waals surface area contributed by atoms with Crippen molar-refractivity contribution in [3.05, 3.63) is 247 Å². The number of rotatable bonds is 12. The first-order valence-corrected chi connectivity index (χ1v) is 24.2. The van der Waals surface area contributed by atoms with E-state index in [1.807, 2.05) is 12.2 Å². The van der Waals surface area contributed by atoms with E-state index in [4.69, 9.17) is 0 Å². The zero-order valence-electron chi connectivity index (χ0n) is 39.7. The maximum Gasteiger partial charge on any atom is 0.0623 e. The van der Waals surface area contributed by atoms with Crippen LogP contribution in [0.3, 0.4) is 0 Å². The highest BCUT2D eigenvalue weighted by molar-refractivity contribution is 6.09. The topological polar surface area (TPSA) is 58.0 Å². The van der Waals surface area contributed by atoms with Gasteiger partial charge in [0.25, 0.3) is 0 Å². The molecule has 2 aromatic heterocycles. The molecule has 0 bridgehead atoms. The predicted octanol–water partition coefficient (Wildman–Crippen LogP) is 17.3. The van der Waals surface area contributed by atoms with Gasteiger partial charge < -0.3 is 30.4 Å². The van der Waals surface area contributed by atoms with Crippen LogP contribution in [0.1, 0.15) is 48.7 Å². The number of anilines is 7. The third-order valence-electron chi connectivity index (χ3n) is 14.4. The lowest BCUT2D eigenvalue weighted by atomic mass is 9.82. The average molecular weight is 907 g/mol. The minimum absolute atomic E-state index is 0.203. The minimum Gasteiger partial charge on any atom is -0.354 e. The van der Waals surface area contributed by atoms with E-state index in [1.165, 1.54) is 66.2 Å². The summed E-state index contributed by atoms with van der Waals surface area (Å²) >= 11 is 0. The molecule has 10 aromatic rings. The molecule has 0 saturated heterocycles. The molecule has 0 amide bonds. The van der Waals surface area contributed by atoms with Gasteiger partial charge >= 0.3 is 0 Å². The summed E-state index contributed by atoms with van der Waals surface area (Å²) < 4.78 is 4.81. The second kappa shape index (κ2) is 17.4. The Bertz CT molecular complexity index is 3710. The van der Waals surface area contributed by atoms with Crippen LogP contribution < -0.4 is 21.3 Å². The van der Waals surface area contributed by atoms with Crippen molar-refractivity contribution in [2.45, 2.75) is 38.6 Å². The van der Waals surface area contributed by atoms with Crippen LogP contribution in [-0.4, -0.2) is 9.13 Å². The van der Waals surface area contributed by atoms with Gasteiger partial charge in [-0.1, -0.05) is 136 Å². The molecule has 1 unspecified atom stereocenters. The maximum absolute atomic E-state index is 3.92. The Balaban J connectivity index is 0.745. The Labute approximate surface area is 409 Å². The zero-order valence-corrected chi connectivity index (χ0v) is 39.7. The zero-order chi connectivity index (χ0) is 47.3. The molecule has 0 fully saturated rings. The van der Waals surface area contributed by atoms with Gasteiger partial charge in [0.15, 0.2) is 0 Å². The Morgan fingerprint density at radius 1 is 0.543 bits per heavy atom. The number of para-hydroxylation sites is 7. The van der Waals surface area contributed by atoms with E-state index < -0.39 is 0 Å². The molecule has 0 radical (unpaired) electrons. The van der Waals surface area contributed by atoms with Crippen LogP contribution in [0.2, 0.25) is 0 Å². The van der Waals surface area contributed by atoms with E-state index in [0.29, 0.717) is 0 Å². The molecular weight excluding hydrogens is 853 g/mol. The van der Waals surface area contributed by atoms with Gasteiger partial charge in [0.1, 0.15) is 0 Å². The van der Waals surface area contributed by atoms with Crippen LogP contribution >= 0.6 is 0 Å². The molecule has 2 aliphatic rings. The molecule has 2 aliphatic carbocycles. The SMILES string of the molecule is C=C/C=C\c1c(C)c2ccccc2n1C1C=CC(Nc2ccccc2Nc2ccc3c(c2)C(C)(C)c2cc(Nc4ccccc4Nc4ccc(-n5c6ccccc6c6ccccc65)cc4)ccc2-3)=CC1. The highest BCUT2D eigenvalue weighted by Gasteiger charge is 2.36. The van der Waals surface area contributed by atoms with Crippen molar-refractivity contribution < 1.29 is 0 Å². The van der Waals surface area contributed by atoms with Gasteiger partial charge in [-0.2, -0.15) is 0 Å². The monoisotopic (exact) mass is 906 g/mol. The highest BCUT2D eigenvalue weighted by Crippen LogP contribution is 2.51. The smallest absolute Gasteiger partial charge is 0.0623 e. The minimum atomic E-state index is -0.215. The number of nitrogens with one attached hydrogen (secondary N) is 4. The number of hydrogen-bond acceptors (Lipinski definition) is 4. The van der Waals surface area contributed by atoms with Crippen LogP contribution in [0.15, 0.2) is 225 Å². The first-order valence-electron chi connectivity index (χ1n) is 24.2. The van der Waals surface area contributed by atoms with Gasteiger partial charge in [0, 0.05) is 61.2 Å². The third kappa shape index (κ3) is 7.45. The molecule has 1 atom stereocenters. The largest absolute Gasteiger partial charge is 0.354 e. The van der Waals surface area contributed by atoms with Gasteiger partial charge in [-0.05, 0) is 144 Å². The van der Waals surface area contributed by atoms with Gasteiger partial charge in [0.2, 0.25) is 0 Å². The third-order valence-corrected chi connectivity index (χ3v) is 14.4. The normalized spacial score (nSPS) is 14.7. The van der Waals surface area contributed by atoms with E-state index in [0.717, 1.165) is 57.6 Å². The molecule has 0 saturated carbocycles. The van der Waals surface area contributed by atoms with Crippen LogP contribution in [0, 0.1) is 6.92 Å². The van der Waals surface area contributed by atoms with Gasteiger partial charge in [-0.3, -0.25) is 0 Å². The highest BCUT2D eigenvalue weighted by atomic mass is 15.0. The molecule has 340 valence electrons. The summed E-state index contributed by atoms with van der Waals surface area (Å²) in [6.45, 7) is 10.8. The molecule has 12 rings (SSSR count). The van der Waals surface area contributed by atoms with Crippen molar-refractivity contribution in [1.82, 2.24) is 9.13 Å². The number of aromatic nitrogens is 2. The lowest BCUT2D eigenvalue weighted by Gasteiger charge is -2.24. The van der Waals surface area contributed by atoms with Crippen molar-refractivity contribution in [3.63, 3.8) is 0 Å². The Hall–Kier alpha value is -8.74. The molecule has 6 heteroatoms. The molecule has 0 spiro atoms. The molecule has 0 aliphatic heterocycles. The fourth-order valence-corrected chi connectivity index (χ4v) is 10.9. The number of aryl methyl sites for hydroxylation is 1. The molecule has 2 heterocycles. The van der Waals surface area contributed by atoms with E-state index in [9.17, 15) is 0 Å². The van der Waals surface area contributed by atoms with E-state index in [1.54, 1.807) is 0 Å². The van der Waals surface area contributed by atoms with Crippen molar-refractivity contribution in [1.29, 1.82) is 0 Å².